The van der Waals surface area contributed by atoms with Gasteiger partial charge in [0.05, 0.1) is 12.2 Å². The molecule has 2 fully saturated rings. The highest BCUT2D eigenvalue weighted by Gasteiger charge is 2.69. The average molecular weight is 542 g/mol. The van der Waals surface area contributed by atoms with Crippen LogP contribution < -0.4 is 10.4 Å². The first-order valence-electron chi connectivity index (χ1n) is 13.3. The van der Waals surface area contributed by atoms with Gasteiger partial charge in [0.2, 0.25) is 0 Å². The molecule has 8 atom stereocenters. The summed E-state index contributed by atoms with van der Waals surface area (Å²) in [6, 6.07) is 5.02. The fourth-order valence-corrected chi connectivity index (χ4v) is 7.69. The van der Waals surface area contributed by atoms with Gasteiger partial charge >= 0.3 is 17.6 Å². The van der Waals surface area contributed by atoms with Crippen LogP contribution in [0, 0.1) is 22.7 Å². The first-order chi connectivity index (χ1) is 18.3. The number of nitrogens with zero attached hydrogens (tertiary/aromatic N) is 1. The van der Waals surface area contributed by atoms with E-state index in [9.17, 15) is 24.6 Å². The summed E-state index contributed by atoms with van der Waals surface area (Å²) in [4.78, 5) is 41.1. The van der Waals surface area contributed by atoms with Gasteiger partial charge in [-0.25, -0.2) is 4.79 Å². The summed E-state index contributed by atoms with van der Waals surface area (Å²) in [6.07, 6.45) is 1.46. The molecule has 2 aliphatic carbocycles. The van der Waals surface area contributed by atoms with Crippen LogP contribution in [0.3, 0.4) is 0 Å². The maximum Gasteiger partial charge on any atom is 0.345 e. The average Bonchev–Trinajstić information content (AvgIpc) is 2.86. The summed E-state index contributed by atoms with van der Waals surface area (Å²) < 4.78 is 23.2. The summed E-state index contributed by atoms with van der Waals surface area (Å²) in [5.74, 6) is -1.58. The van der Waals surface area contributed by atoms with E-state index in [0.29, 0.717) is 18.4 Å². The van der Waals surface area contributed by atoms with E-state index >= 15 is 0 Å². The van der Waals surface area contributed by atoms with E-state index in [-0.39, 0.29) is 36.0 Å². The minimum atomic E-state index is -1.30. The van der Waals surface area contributed by atoms with Crippen LogP contribution in [0.1, 0.15) is 65.5 Å². The standard InChI is InChI=1S/C29H35NO9/c1-15(31)36-14-28(4)20-12-21(33)29(5)25(27(20,3)9-8-22(28)37-16(2)32)24(34)23-19(39-29)11-18(38-26(23)35)17-7-6-10-30-13-17/h6-7,10-11,13,20-22,24-25,33-34H,8-9,12,14H2,1-5H3/t20-,21+,22+,24+,25-,27+,28+,29-/m1/s1. The molecule has 2 aromatic heterocycles. The molecule has 0 aromatic carbocycles. The number of pyridine rings is 1. The smallest absolute Gasteiger partial charge is 0.345 e. The Bertz CT molecular complexity index is 1340. The van der Waals surface area contributed by atoms with Gasteiger partial charge in [-0.05, 0) is 49.7 Å². The van der Waals surface area contributed by atoms with Gasteiger partial charge in [0, 0.05) is 49.2 Å². The molecular weight excluding hydrogens is 506 g/mol. The zero-order valence-electron chi connectivity index (χ0n) is 22.8. The number of ether oxygens (including phenoxy) is 3. The fourth-order valence-electron chi connectivity index (χ4n) is 7.69. The largest absolute Gasteiger partial charge is 0.484 e. The fraction of sp³-hybridized carbons (Fsp3) is 0.586. The Kier molecular flexibility index (Phi) is 6.62. The number of esters is 2. The number of aromatic nitrogens is 1. The van der Waals surface area contributed by atoms with Crippen molar-refractivity contribution in [1.29, 1.82) is 0 Å². The van der Waals surface area contributed by atoms with Crippen molar-refractivity contribution in [3.05, 3.63) is 46.6 Å². The Morgan fingerprint density at radius 3 is 2.56 bits per heavy atom. The molecule has 0 unspecified atom stereocenters. The van der Waals surface area contributed by atoms with Gasteiger partial charge in [0.1, 0.15) is 35.4 Å². The van der Waals surface area contributed by atoms with E-state index in [1.54, 1.807) is 37.5 Å². The molecule has 0 spiro atoms. The van der Waals surface area contributed by atoms with Crippen LogP contribution in [0.4, 0.5) is 0 Å². The van der Waals surface area contributed by atoms with Gasteiger partial charge in [-0.15, -0.1) is 0 Å². The van der Waals surface area contributed by atoms with Crippen LogP contribution in [0.15, 0.2) is 39.8 Å². The third-order valence-electron chi connectivity index (χ3n) is 9.45. The van der Waals surface area contributed by atoms with Crippen LogP contribution in [-0.2, 0) is 19.1 Å². The number of rotatable bonds is 4. The number of aliphatic hydroxyl groups excluding tert-OH is 2. The van der Waals surface area contributed by atoms with E-state index in [4.69, 9.17) is 18.6 Å². The lowest BCUT2D eigenvalue weighted by Gasteiger charge is -2.66. The predicted molar refractivity (Wildman–Crippen MR) is 137 cm³/mol. The number of carbonyl (C=O) groups excluding carboxylic acids is 2. The summed E-state index contributed by atoms with van der Waals surface area (Å²) in [5.41, 5.74) is -2.94. The van der Waals surface area contributed by atoms with Gasteiger partial charge < -0.3 is 28.8 Å². The Morgan fingerprint density at radius 2 is 1.92 bits per heavy atom. The molecule has 2 saturated carbocycles. The molecule has 10 heteroatoms. The predicted octanol–water partition coefficient (Wildman–Crippen LogP) is 3.18. The number of fused-ring (bicyclic) bond motifs is 4. The minimum Gasteiger partial charge on any atom is -0.484 e. The number of aliphatic hydroxyl groups is 2. The zero-order valence-corrected chi connectivity index (χ0v) is 22.8. The number of hydrogen-bond donors (Lipinski definition) is 2. The van der Waals surface area contributed by atoms with Crippen molar-refractivity contribution in [2.24, 2.45) is 22.7 Å². The Labute approximate surface area is 226 Å². The summed E-state index contributed by atoms with van der Waals surface area (Å²) in [7, 11) is 0. The van der Waals surface area contributed by atoms with E-state index in [1.807, 2.05) is 13.8 Å². The van der Waals surface area contributed by atoms with Crippen LogP contribution in [-0.4, -0.2) is 51.6 Å². The normalized spacial score (nSPS) is 36.9. The molecular formula is C29H35NO9. The quantitative estimate of drug-likeness (QED) is 0.554. The molecule has 2 aromatic rings. The third kappa shape index (κ3) is 4.24. The molecule has 0 bridgehead atoms. The highest BCUT2D eigenvalue weighted by atomic mass is 16.6. The summed E-state index contributed by atoms with van der Waals surface area (Å²) in [5, 5.41) is 23.5. The first-order valence-corrected chi connectivity index (χ1v) is 13.3. The molecule has 3 heterocycles. The van der Waals surface area contributed by atoms with E-state index < -0.39 is 58.2 Å². The first kappa shape index (κ1) is 27.3. The van der Waals surface area contributed by atoms with Crippen molar-refractivity contribution in [3.63, 3.8) is 0 Å². The Hall–Kier alpha value is -3.24. The molecule has 0 amide bonds. The molecule has 39 heavy (non-hydrogen) atoms. The maximum absolute atomic E-state index is 13.3. The Balaban J connectivity index is 1.61. The van der Waals surface area contributed by atoms with Crippen molar-refractivity contribution in [1.82, 2.24) is 4.98 Å². The molecule has 3 aliphatic rings. The van der Waals surface area contributed by atoms with E-state index in [2.05, 4.69) is 4.98 Å². The SMILES string of the molecule is CC(=O)OC[C@@]1(C)[C@@H]2C[C@H](O)[C@@]3(C)Oc4cc(-c5cccnc5)oc(=O)c4[C@H](O)[C@@H]3[C@@]2(C)CC[C@@H]1OC(C)=O. The number of hydrogen-bond acceptors (Lipinski definition) is 10. The van der Waals surface area contributed by atoms with Crippen LogP contribution in [0.2, 0.25) is 0 Å². The van der Waals surface area contributed by atoms with Crippen molar-refractivity contribution in [2.75, 3.05) is 6.61 Å². The van der Waals surface area contributed by atoms with E-state index in [1.165, 1.54) is 13.8 Å². The van der Waals surface area contributed by atoms with Gasteiger partial charge in [0.25, 0.3) is 0 Å². The van der Waals surface area contributed by atoms with Crippen molar-refractivity contribution < 1.29 is 38.4 Å². The topological polar surface area (TPSA) is 145 Å². The summed E-state index contributed by atoms with van der Waals surface area (Å²) in [6.45, 7) is 8.28. The molecule has 2 N–H and O–H groups in total. The molecule has 10 nitrogen and oxygen atoms in total. The minimum absolute atomic E-state index is 0.00277. The van der Waals surface area contributed by atoms with Crippen molar-refractivity contribution in [3.8, 4) is 17.1 Å². The number of carbonyl (C=O) groups is 2. The lowest BCUT2D eigenvalue weighted by Crippen LogP contribution is -2.71. The van der Waals surface area contributed by atoms with Crippen molar-refractivity contribution in [2.45, 2.75) is 77.8 Å². The second-order valence-corrected chi connectivity index (χ2v) is 11.9. The molecule has 0 saturated heterocycles. The zero-order chi connectivity index (χ0) is 28.3. The van der Waals surface area contributed by atoms with Crippen LogP contribution >= 0.6 is 0 Å². The monoisotopic (exact) mass is 541 g/mol. The van der Waals surface area contributed by atoms with Gasteiger partial charge in [-0.3, -0.25) is 14.6 Å². The highest BCUT2D eigenvalue weighted by Crippen LogP contribution is 2.67. The van der Waals surface area contributed by atoms with Crippen molar-refractivity contribution >= 4 is 11.9 Å². The van der Waals surface area contributed by atoms with E-state index in [0.717, 1.165) is 0 Å². The Morgan fingerprint density at radius 1 is 1.18 bits per heavy atom. The lowest BCUT2D eigenvalue weighted by atomic mass is 9.42. The van der Waals surface area contributed by atoms with Crippen LogP contribution in [0.25, 0.3) is 11.3 Å². The molecule has 5 rings (SSSR count). The second-order valence-electron chi connectivity index (χ2n) is 11.9. The molecule has 1 aliphatic heterocycles. The summed E-state index contributed by atoms with van der Waals surface area (Å²) >= 11 is 0. The lowest BCUT2D eigenvalue weighted by molar-refractivity contribution is -0.267. The highest BCUT2D eigenvalue weighted by molar-refractivity contribution is 5.67. The second kappa shape index (κ2) is 9.45. The van der Waals surface area contributed by atoms with Gasteiger partial charge in [-0.2, -0.15) is 0 Å². The van der Waals surface area contributed by atoms with Gasteiger partial charge in [0.15, 0.2) is 0 Å². The molecule has 210 valence electrons. The van der Waals surface area contributed by atoms with Gasteiger partial charge in [-0.1, -0.05) is 13.8 Å². The maximum atomic E-state index is 13.3. The third-order valence-corrected chi connectivity index (χ3v) is 9.45. The molecule has 0 radical (unpaired) electrons. The van der Waals surface area contributed by atoms with Crippen LogP contribution in [0.5, 0.6) is 5.75 Å².